The van der Waals surface area contributed by atoms with E-state index in [9.17, 15) is 0 Å². The Kier molecular flexibility index (Phi) is 3.77. The minimum atomic E-state index is -1.07. The first-order valence-electron chi connectivity index (χ1n) is 5.76. The molecule has 2 rings (SSSR count). The molecule has 2 heteroatoms. The summed E-state index contributed by atoms with van der Waals surface area (Å²) < 4.78 is 5.70. The lowest BCUT2D eigenvalue weighted by molar-refractivity contribution is 0.439. The zero-order valence-electron chi connectivity index (χ0n) is 10.5. The van der Waals surface area contributed by atoms with Gasteiger partial charge >= 0.3 is 0 Å². The monoisotopic (exact) mass is 241 g/mol. The van der Waals surface area contributed by atoms with Gasteiger partial charge in [0.25, 0.3) is 9.04 Å². The minimum absolute atomic E-state index is 1.07. The average molecular weight is 241 g/mol. The lowest BCUT2D eigenvalue weighted by Crippen LogP contribution is -2.44. The smallest absolute Gasteiger partial charge is 0.282 e. The van der Waals surface area contributed by atoms with Crippen molar-refractivity contribution in [1.29, 1.82) is 0 Å². The van der Waals surface area contributed by atoms with E-state index in [1.54, 1.807) is 7.11 Å². The van der Waals surface area contributed by atoms with Gasteiger partial charge in [-0.2, -0.15) is 0 Å². The Balaban J connectivity index is 2.33. The van der Waals surface area contributed by atoms with Gasteiger partial charge in [-0.15, -0.1) is 0 Å². The van der Waals surface area contributed by atoms with Gasteiger partial charge in [-0.3, -0.25) is 0 Å². The predicted octanol–water partition coefficient (Wildman–Crippen LogP) is 2.06. The van der Waals surface area contributed by atoms with Crippen LogP contribution in [0.3, 0.4) is 0 Å². The minimum Gasteiger partial charge on any atom is -0.411 e. The summed E-state index contributed by atoms with van der Waals surface area (Å²) in [6.45, 7) is 4.21. The largest absolute Gasteiger partial charge is 0.411 e. The Morgan fingerprint density at radius 1 is 0.706 bits per heavy atom. The molecule has 0 fully saturated rings. The Morgan fingerprint density at radius 2 is 1.06 bits per heavy atom. The Labute approximate surface area is 105 Å². The summed E-state index contributed by atoms with van der Waals surface area (Å²) in [5.41, 5.74) is 2.57. The third kappa shape index (κ3) is 2.84. The molecule has 1 radical (unpaired) electrons. The predicted molar refractivity (Wildman–Crippen MR) is 74.4 cm³/mol. The maximum atomic E-state index is 5.70. The summed E-state index contributed by atoms with van der Waals surface area (Å²) in [6.07, 6.45) is 0. The highest BCUT2D eigenvalue weighted by Gasteiger charge is 2.17. The zero-order valence-corrected chi connectivity index (χ0v) is 11.5. The second kappa shape index (κ2) is 5.30. The van der Waals surface area contributed by atoms with Crippen LogP contribution in [0, 0.1) is 13.8 Å². The molecule has 2 aromatic carbocycles. The van der Waals surface area contributed by atoms with Crippen LogP contribution in [0.1, 0.15) is 11.1 Å². The third-order valence-electron chi connectivity index (χ3n) is 2.83. The van der Waals surface area contributed by atoms with E-state index in [2.05, 4.69) is 62.4 Å². The quantitative estimate of drug-likeness (QED) is 0.747. The van der Waals surface area contributed by atoms with Crippen LogP contribution >= 0.6 is 0 Å². The molecule has 0 saturated heterocycles. The van der Waals surface area contributed by atoms with Gasteiger partial charge in [0.05, 0.1) is 0 Å². The molecule has 2 aromatic rings. The fraction of sp³-hybridized carbons (Fsp3) is 0.200. The van der Waals surface area contributed by atoms with Gasteiger partial charge < -0.3 is 4.43 Å². The van der Waals surface area contributed by atoms with Crippen LogP contribution in [0.4, 0.5) is 0 Å². The van der Waals surface area contributed by atoms with Gasteiger partial charge in [-0.05, 0) is 24.2 Å². The number of aryl methyl sites for hydroxylation is 2. The Bertz CT molecular complexity index is 428. The van der Waals surface area contributed by atoms with Crippen molar-refractivity contribution in [2.75, 3.05) is 7.11 Å². The molecule has 0 unspecified atom stereocenters. The van der Waals surface area contributed by atoms with E-state index in [0.29, 0.717) is 0 Å². The van der Waals surface area contributed by atoms with E-state index < -0.39 is 9.04 Å². The van der Waals surface area contributed by atoms with Crippen LogP contribution in [0.2, 0.25) is 0 Å². The highest BCUT2D eigenvalue weighted by Crippen LogP contribution is 1.99. The zero-order chi connectivity index (χ0) is 12.3. The number of rotatable bonds is 3. The maximum Gasteiger partial charge on any atom is 0.282 e. The standard InChI is InChI=1S/C15H17OSi/c1-12-4-8-14(9-5-12)17(16-3)15-10-6-13(2)7-11-15/h4-11H,1-3H3. The summed E-state index contributed by atoms with van der Waals surface area (Å²) in [7, 11) is 0.727. The van der Waals surface area contributed by atoms with Crippen molar-refractivity contribution in [3.8, 4) is 0 Å². The molecule has 0 heterocycles. The summed E-state index contributed by atoms with van der Waals surface area (Å²) in [5.74, 6) is 0. The molecule has 0 atom stereocenters. The molecule has 0 aliphatic carbocycles. The van der Waals surface area contributed by atoms with E-state index >= 15 is 0 Å². The van der Waals surface area contributed by atoms with Gasteiger partial charge in [-0.1, -0.05) is 59.7 Å². The molecular weight excluding hydrogens is 224 g/mol. The van der Waals surface area contributed by atoms with E-state index in [1.807, 2.05) is 0 Å². The molecule has 0 aromatic heterocycles. The van der Waals surface area contributed by atoms with Crippen LogP contribution in [-0.4, -0.2) is 16.2 Å². The van der Waals surface area contributed by atoms with E-state index in [0.717, 1.165) is 0 Å². The first kappa shape index (κ1) is 12.1. The second-order valence-corrected chi connectivity index (χ2v) is 6.49. The number of benzene rings is 2. The fourth-order valence-electron chi connectivity index (χ4n) is 1.81. The molecule has 0 spiro atoms. The fourth-order valence-corrected chi connectivity index (χ4v) is 3.56. The maximum absolute atomic E-state index is 5.70. The summed E-state index contributed by atoms with van der Waals surface area (Å²) in [6, 6.07) is 17.3. The van der Waals surface area contributed by atoms with Crippen molar-refractivity contribution in [2.24, 2.45) is 0 Å². The Hall–Kier alpha value is -1.38. The lowest BCUT2D eigenvalue weighted by atomic mass is 10.2. The van der Waals surface area contributed by atoms with Crippen LogP contribution in [0.25, 0.3) is 0 Å². The van der Waals surface area contributed by atoms with Crippen LogP contribution in [0.5, 0.6) is 0 Å². The van der Waals surface area contributed by atoms with Crippen LogP contribution in [-0.2, 0) is 4.43 Å². The molecule has 0 amide bonds. The highest BCUT2D eigenvalue weighted by molar-refractivity contribution is 6.79. The van der Waals surface area contributed by atoms with Crippen LogP contribution < -0.4 is 10.4 Å². The van der Waals surface area contributed by atoms with Gasteiger partial charge in [0.2, 0.25) is 0 Å². The summed E-state index contributed by atoms with van der Waals surface area (Å²) >= 11 is 0. The molecule has 0 aliphatic heterocycles. The summed E-state index contributed by atoms with van der Waals surface area (Å²) in [4.78, 5) is 0. The topological polar surface area (TPSA) is 9.23 Å². The van der Waals surface area contributed by atoms with Crippen molar-refractivity contribution in [1.82, 2.24) is 0 Å². The third-order valence-corrected chi connectivity index (χ3v) is 4.96. The SMILES string of the molecule is CO[Si](c1ccc(C)cc1)c1ccc(C)cc1. The molecule has 1 nitrogen and oxygen atoms in total. The Morgan fingerprint density at radius 3 is 1.35 bits per heavy atom. The molecule has 0 aliphatic rings. The van der Waals surface area contributed by atoms with Crippen LogP contribution in [0.15, 0.2) is 48.5 Å². The van der Waals surface area contributed by atoms with E-state index in [-0.39, 0.29) is 0 Å². The van der Waals surface area contributed by atoms with Gasteiger partial charge in [0, 0.05) is 7.11 Å². The molecule has 87 valence electrons. The summed E-state index contributed by atoms with van der Waals surface area (Å²) in [5, 5.41) is 2.60. The molecular formula is C15H17OSi. The molecule has 0 saturated carbocycles. The van der Waals surface area contributed by atoms with E-state index in [1.165, 1.54) is 21.5 Å². The normalized spacial score (nSPS) is 10.8. The second-order valence-electron chi connectivity index (χ2n) is 4.27. The molecule has 0 N–H and O–H groups in total. The molecule has 0 bridgehead atoms. The lowest BCUT2D eigenvalue weighted by Gasteiger charge is -2.13. The van der Waals surface area contributed by atoms with Crippen molar-refractivity contribution in [3.05, 3.63) is 59.7 Å². The van der Waals surface area contributed by atoms with Crippen molar-refractivity contribution >= 4 is 19.4 Å². The van der Waals surface area contributed by atoms with Gasteiger partial charge in [0.15, 0.2) is 0 Å². The number of hydrogen-bond acceptors (Lipinski definition) is 1. The highest BCUT2D eigenvalue weighted by atomic mass is 28.3. The van der Waals surface area contributed by atoms with Crippen molar-refractivity contribution < 1.29 is 4.43 Å². The van der Waals surface area contributed by atoms with Gasteiger partial charge in [-0.25, -0.2) is 0 Å². The van der Waals surface area contributed by atoms with E-state index in [4.69, 9.17) is 4.43 Å². The average Bonchev–Trinajstić information content (AvgIpc) is 2.35. The first-order chi connectivity index (χ1) is 8.20. The molecule has 17 heavy (non-hydrogen) atoms. The number of hydrogen-bond donors (Lipinski definition) is 0. The van der Waals surface area contributed by atoms with Crippen molar-refractivity contribution in [2.45, 2.75) is 13.8 Å². The van der Waals surface area contributed by atoms with Gasteiger partial charge in [0.1, 0.15) is 0 Å². The first-order valence-corrected chi connectivity index (χ1v) is 7.16. The van der Waals surface area contributed by atoms with Crippen molar-refractivity contribution in [3.63, 3.8) is 0 Å².